The highest BCUT2D eigenvalue weighted by molar-refractivity contribution is 7.63. The molecule has 4 unspecified atom stereocenters. The van der Waals surface area contributed by atoms with E-state index in [0.717, 1.165) is 27.7 Å². The molecule has 0 aliphatic carbocycles. The highest BCUT2D eigenvalue weighted by Crippen LogP contribution is 2.66. The highest BCUT2D eigenvalue weighted by atomic mass is 31.3. The number of rotatable bonds is 14. The van der Waals surface area contributed by atoms with Crippen LogP contribution >= 0.6 is 15.6 Å². The van der Waals surface area contributed by atoms with Crippen molar-refractivity contribution in [3.05, 3.63) is 0 Å². The lowest BCUT2D eigenvalue weighted by Gasteiger charge is -2.22. The third kappa shape index (κ3) is 14.8. The van der Waals surface area contributed by atoms with Crippen molar-refractivity contribution in [2.24, 2.45) is 0 Å². The molecule has 17 heteroatoms. The molecular formula is C16H28O15P2. The molecule has 0 fully saturated rings. The van der Waals surface area contributed by atoms with Gasteiger partial charge in [-0.2, -0.15) is 0 Å². The standard InChI is InChI=1S/C16H28O15P2/c1-9(17)5-13(21)27-32(25,28-14(22)6-10(2)18)31-33(26,29-15(23)7-11(3)19)30-16(24)8-12(4)20/h9-12,17-20H,5-8H2,1-4H3. The summed E-state index contributed by atoms with van der Waals surface area (Å²) in [4.78, 5) is 47.4. The summed E-state index contributed by atoms with van der Waals surface area (Å²) in [5.74, 6) is -5.91. The van der Waals surface area contributed by atoms with Crippen LogP contribution in [0.15, 0.2) is 0 Å². The van der Waals surface area contributed by atoms with Gasteiger partial charge >= 0.3 is 39.5 Å². The molecule has 0 radical (unpaired) electrons. The predicted molar refractivity (Wildman–Crippen MR) is 106 cm³/mol. The maximum Gasteiger partial charge on any atom is 0.602 e. The average molecular weight is 522 g/mol. The molecule has 0 rings (SSSR count). The van der Waals surface area contributed by atoms with Crippen molar-refractivity contribution >= 4 is 39.5 Å². The van der Waals surface area contributed by atoms with Crippen molar-refractivity contribution in [1.82, 2.24) is 0 Å². The first kappa shape index (κ1) is 31.1. The largest absolute Gasteiger partial charge is 0.602 e. The van der Waals surface area contributed by atoms with Crippen molar-refractivity contribution in [2.45, 2.75) is 77.8 Å². The predicted octanol–water partition coefficient (Wildman–Crippen LogP) is 0.476. The SMILES string of the molecule is CC(O)CC(=O)OP(=O)(OC(=O)CC(C)O)OP(=O)(OC(=O)CC(C)O)OC(=O)CC(C)O. The number of phosphoric ester groups is 2. The molecule has 0 saturated carbocycles. The summed E-state index contributed by atoms with van der Waals surface area (Å²) in [7, 11) is -11.2. The number of hydrogen-bond acceptors (Lipinski definition) is 15. The molecule has 192 valence electrons. The number of phosphoric acid groups is 2. The van der Waals surface area contributed by atoms with Gasteiger partial charge in [-0.1, -0.05) is 0 Å². The van der Waals surface area contributed by atoms with Gasteiger partial charge in [-0.3, -0.25) is 19.2 Å². The number of aliphatic hydroxyl groups excluding tert-OH is 4. The van der Waals surface area contributed by atoms with E-state index in [0.29, 0.717) is 0 Å². The van der Waals surface area contributed by atoms with Crippen LogP contribution in [-0.2, 0) is 50.7 Å². The molecule has 0 amide bonds. The Bertz CT molecular complexity index is 669. The second-order valence-corrected chi connectivity index (χ2v) is 10.2. The molecule has 0 spiro atoms. The minimum Gasteiger partial charge on any atom is -0.393 e. The minimum atomic E-state index is -5.61. The average Bonchev–Trinajstić information content (AvgIpc) is 2.48. The van der Waals surface area contributed by atoms with Crippen LogP contribution in [0.25, 0.3) is 0 Å². The van der Waals surface area contributed by atoms with Crippen LogP contribution < -0.4 is 0 Å². The van der Waals surface area contributed by atoms with Crippen LogP contribution in [-0.4, -0.2) is 68.7 Å². The van der Waals surface area contributed by atoms with E-state index in [9.17, 15) is 48.7 Å². The highest BCUT2D eigenvalue weighted by Gasteiger charge is 2.50. The van der Waals surface area contributed by atoms with Gasteiger partial charge in [-0.15, -0.1) is 4.31 Å². The van der Waals surface area contributed by atoms with Crippen LogP contribution in [0.4, 0.5) is 0 Å². The van der Waals surface area contributed by atoms with Crippen LogP contribution in [0.1, 0.15) is 53.4 Å². The summed E-state index contributed by atoms with van der Waals surface area (Å²) in [6, 6.07) is 0. The number of carbonyl (C=O) groups excluding carboxylic acids is 4. The van der Waals surface area contributed by atoms with E-state index >= 15 is 0 Å². The van der Waals surface area contributed by atoms with Gasteiger partial charge in [0.2, 0.25) is 0 Å². The Morgan fingerprint density at radius 3 is 0.879 bits per heavy atom. The number of aliphatic hydroxyl groups is 4. The van der Waals surface area contributed by atoms with Crippen molar-refractivity contribution in [1.29, 1.82) is 0 Å². The monoisotopic (exact) mass is 522 g/mol. The van der Waals surface area contributed by atoms with Crippen molar-refractivity contribution in [2.75, 3.05) is 0 Å². The summed E-state index contributed by atoms with van der Waals surface area (Å²) in [5.41, 5.74) is 0. The fraction of sp³-hybridized carbons (Fsp3) is 0.750. The maximum absolute atomic E-state index is 12.9. The maximum atomic E-state index is 12.9. The second-order valence-electron chi connectivity index (χ2n) is 7.04. The van der Waals surface area contributed by atoms with Crippen molar-refractivity contribution in [3.63, 3.8) is 0 Å². The molecule has 33 heavy (non-hydrogen) atoms. The topological polar surface area (TPSA) is 229 Å². The van der Waals surface area contributed by atoms with Gasteiger partial charge in [-0.05, 0) is 27.7 Å². The molecule has 0 aromatic heterocycles. The lowest BCUT2D eigenvalue weighted by molar-refractivity contribution is -0.141. The van der Waals surface area contributed by atoms with Gasteiger partial charge in [0.1, 0.15) is 0 Å². The molecule has 15 nitrogen and oxygen atoms in total. The van der Waals surface area contributed by atoms with Crippen molar-refractivity contribution < 1.29 is 71.1 Å². The minimum absolute atomic E-state index is 0.796. The molecule has 4 atom stereocenters. The summed E-state index contributed by atoms with van der Waals surface area (Å²) in [5, 5.41) is 37.0. The van der Waals surface area contributed by atoms with Crippen LogP contribution in [0.2, 0.25) is 0 Å². The quantitative estimate of drug-likeness (QED) is 0.227. The first-order valence-electron chi connectivity index (χ1n) is 9.48. The number of carbonyl (C=O) groups is 4. The molecule has 0 bridgehead atoms. The Hall–Kier alpha value is -1.86. The lowest BCUT2D eigenvalue weighted by Crippen LogP contribution is -2.19. The Morgan fingerprint density at radius 1 is 0.545 bits per heavy atom. The third-order valence-corrected chi connectivity index (χ3v) is 6.21. The zero-order chi connectivity index (χ0) is 26.0. The van der Waals surface area contributed by atoms with E-state index in [2.05, 4.69) is 22.4 Å². The lowest BCUT2D eigenvalue weighted by atomic mass is 10.3. The van der Waals surface area contributed by atoms with Crippen LogP contribution in [0.3, 0.4) is 0 Å². The summed E-state index contributed by atoms with van der Waals surface area (Å²) < 4.78 is 47.7. The van der Waals surface area contributed by atoms with E-state index in [1.807, 2.05) is 0 Å². The van der Waals surface area contributed by atoms with E-state index < -0.39 is 89.6 Å². The molecule has 0 aliphatic rings. The zero-order valence-corrected chi connectivity index (χ0v) is 20.1. The van der Waals surface area contributed by atoms with Crippen LogP contribution in [0.5, 0.6) is 0 Å². The Kier molecular flexibility index (Phi) is 13.0. The van der Waals surface area contributed by atoms with Gasteiger partial charge in [0.05, 0.1) is 50.1 Å². The molecule has 0 aromatic carbocycles. The summed E-state index contributed by atoms with van der Waals surface area (Å²) in [6.07, 6.45) is -8.47. The first-order valence-corrected chi connectivity index (χ1v) is 12.4. The van der Waals surface area contributed by atoms with E-state index in [-0.39, 0.29) is 0 Å². The van der Waals surface area contributed by atoms with Gasteiger partial charge in [-0.25, -0.2) is 9.13 Å². The number of hydrogen-bond donors (Lipinski definition) is 4. The van der Waals surface area contributed by atoms with Gasteiger partial charge in [0.25, 0.3) is 0 Å². The third-order valence-electron chi connectivity index (χ3n) is 2.90. The molecule has 0 aromatic rings. The summed E-state index contributed by atoms with van der Waals surface area (Å²) in [6.45, 7) is 4.58. The van der Waals surface area contributed by atoms with E-state index in [1.54, 1.807) is 0 Å². The van der Waals surface area contributed by atoms with Gasteiger partial charge in [0.15, 0.2) is 0 Å². The summed E-state index contributed by atoms with van der Waals surface area (Å²) >= 11 is 0. The van der Waals surface area contributed by atoms with Crippen molar-refractivity contribution in [3.8, 4) is 0 Å². The second kappa shape index (κ2) is 13.8. The van der Waals surface area contributed by atoms with E-state index in [4.69, 9.17) is 0 Å². The van der Waals surface area contributed by atoms with E-state index in [1.165, 1.54) is 0 Å². The smallest absolute Gasteiger partial charge is 0.393 e. The van der Waals surface area contributed by atoms with Crippen LogP contribution in [0, 0.1) is 0 Å². The fourth-order valence-corrected chi connectivity index (χ4v) is 4.72. The fourth-order valence-electron chi connectivity index (χ4n) is 1.84. The van der Waals surface area contributed by atoms with Gasteiger partial charge < -0.3 is 38.5 Å². The molecule has 0 heterocycles. The zero-order valence-electron chi connectivity index (χ0n) is 18.3. The first-order chi connectivity index (χ1) is 14.9. The molecular weight excluding hydrogens is 494 g/mol. The molecule has 0 aliphatic heterocycles. The van der Waals surface area contributed by atoms with Gasteiger partial charge in [0, 0.05) is 0 Å². The molecule has 0 saturated heterocycles. The Morgan fingerprint density at radius 2 is 0.727 bits per heavy atom. The normalized spacial score (nSPS) is 18.4. The Labute approximate surface area is 189 Å². The molecule has 4 N–H and O–H groups in total. The Balaban J connectivity index is 6.02.